The second-order valence-electron chi connectivity index (χ2n) is 11.8. The predicted octanol–water partition coefficient (Wildman–Crippen LogP) is 10.1. The van der Waals surface area contributed by atoms with Crippen molar-refractivity contribution in [3.05, 3.63) is 0 Å². The number of hydrogen-bond donors (Lipinski definition) is 0. The van der Waals surface area contributed by atoms with E-state index in [-0.39, 0.29) is 11.9 Å². The van der Waals surface area contributed by atoms with E-state index in [9.17, 15) is 9.59 Å². The number of hydrogen-bond acceptors (Lipinski definition) is 4. The third kappa shape index (κ3) is 21.6. The molecule has 0 N–H and O–H groups in total. The van der Waals surface area contributed by atoms with Crippen LogP contribution in [-0.4, -0.2) is 25.2 Å². The summed E-state index contributed by atoms with van der Waals surface area (Å²) in [5.74, 6) is 1.98. The first-order valence-electron chi connectivity index (χ1n) is 16.2. The minimum Gasteiger partial charge on any atom is -0.465 e. The first kappa shape index (κ1) is 35.9. The van der Waals surface area contributed by atoms with Gasteiger partial charge in [0.15, 0.2) is 0 Å². The lowest BCUT2D eigenvalue weighted by Crippen LogP contribution is -2.19. The minimum atomic E-state index is -0.0137. The monoisotopic (exact) mass is 524 g/mol. The van der Waals surface area contributed by atoms with E-state index in [1.54, 1.807) is 0 Å². The summed E-state index contributed by atoms with van der Waals surface area (Å²) in [5.41, 5.74) is 0. The van der Waals surface area contributed by atoms with Crippen LogP contribution < -0.4 is 0 Å². The smallest absolute Gasteiger partial charge is 0.306 e. The second kappa shape index (κ2) is 25.2. The first-order chi connectivity index (χ1) is 17.9. The molecule has 0 aromatic rings. The van der Waals surface area contributed by atoms with Crippen molar-refractivity contribution in [2.45, 2.75) is 164 Å². The maximum atomic E-state index is 12.4. The van der Waals surface area contributed by atoms with Gasteiger partial charge in [-0.2, -0.15) is 0 Å². The van der Waals surface area contributed by atoms with Crippen LogP contribution in [0.3, 0.4) is 0 Å². The van der Waals surface area contributed by atoms with Crippen molar-refractivity contribution in [3.63, 3.8) is 0 Å². The molecule has 0 aromatic heterocycles. The summed E-state index contributed by atoms with van der Waals surface area (Å²) in [6, 6.07) is 0. The highest BCUT2D eigenvalue weighted by atomic mass is 16.5. The van der Waals surface area contributed by atoms with E-state index in [0.717, 1.165) is 32.1 Å². The van der Waals surface area contributed by atoms with Crippen molar-refractivity contribution in [1.82, 2.24) is 0 Å². The molecule has 4 nitrogen and oxygen atoms in total. The largest absolute Gasteiger partial charge is 0.465 e. The number of rotatable bonds is 26. The number of carbonyl (C=O) groups is 2. The lowest BCUT2D eigenvalue weighted by Gasteiger charge is -2.21. The summed E-state index contributed by atoms with van der Waals surface area (Å²) in [4.78, 5) is 24.4. The van der Waals surface area contributed by atoms with Crippen LogP contribution in [0.1, 0.15) is 164 Å². The van der Waals surface area contributed by atoms with E-state index >= 15 is 0 Å². The minimum absolute atomic E-state index is 0.000737. The Morgan fingerprint density at radius 3 is 1.49 bits per heavy atom. The van der Waals surface area contributed by atoms with E-state index < -0.39 is 0 Å². The average molecular weight is 525 g/mol. The molecule has 4 heteroatoms. The van der Waals surface area contributed by atoms with Gasteiger partial charge in [-0.3, -0.25) is 9.59 Å². The Morgan fingerprint density at radius 2 is 1.03 bits per heavy atom. The molecule has 0 heterocycles. The lowest BCUT2D eigenvalue weighted by atomic mass is 9.87. The zero-order valence-corrected chi connectivity index (χ0v) is 25.8. The number of ether oxygens (including phenoxy) is 2. The summed E-state index contributed by atoms with van der Waals surface area (Å²) < 4.78 is 11.2. The van der Waals surface area contributed by atoms with Crippen LogP contribution in [0.5, 0.6) is 0 Å². The molecule has 37 heavy (non-hydrogen) atoms. The molecule has 0 spiro atoms. The Bertz CT molecular complexity index is 530. The Balaban J connectivity index is 3.81. The molecule has 0 bridgehead atoms. The fourth-order valence-electron chi connectivity index (χ4n) is 4.97. The molecule has 0 fully saturated rings. The molecule has 0 rings (SSSR count). The van der Waals surface area contributed by atoms with Crippen LogP contribution in [0, 0.1) is 23.7 Å². The van der Waals surface area contributed by atoms with Crippen LogP contribution in [-0.2, 0) is 19.1 Å². The highest BCUT2D eigenvalue weighted by Gasteiger charge is 2.19. The second-order valence-corrected chi connectivity index (χ2v) is 11.8. The summed E-state index contributed by atoms with van der Waals surface area (Å²) in [6.45, 7) is 14.5. The lowest BCUT2D eigenvalue weighted by molar-refractivity contribution is -0.147. The number of esters is 2. The molecule has 220 valence electrons. The van der Waals surface area contributed by atoms with E-state index in [1.165, 1.54) is 77.0 Å². The maximum absolute atomic E-state index is 12.4. The highest BCUT2D eigenvalue weighted by molar-refractivity contribution is 5.69. The molecular formula is C33H64O4. The van der Waals surface area contributed by atoms with Gasteiger partial charge in [0.1, 0.15) is 0 Å². The molecule has 0 saturated heterocycles. The van der Waals surface area contributed by atoms with Crippen LogP contribution >= 0.6 is 0 Å². The van der Waals surface area contributed by atoms with E-state index in [0.29, 0.717) is 49.7 Å². The van der Waals surface area contributed by atoms with E-state index in [4.69, 9.17) is 9.47 Å². The molecular weight excluding hydrogens is 460 g/mol. The first-order valence-corrected chi connectivity index (χ1v) is 16.2. The Morgan fingerprint density at radius 1 is 0.568 bits per heavy atom. The quantitative estimate of drug-likeness (QED) is 0.0834. The number of unbranched alkanes of at least 4 members (excludes halogenated alkanes) is 9. The van der Waals surface area contributed by atoms with Gasteiger partial charge < -0.3 is 9.47 Å². The molecule has 0 aliphatic carbocycles. The summed E-state index contributed by atoms with van der Waals surface area (Å²) in [7, 11) is 0. The standard InChI is InChI=1S/C33H64O4/c1-7-11-21-29(9-3)26-36-32(34)24-20-18-16-14-13-15-17-19-23-31(28(5)6)25-33(35)37-27-30(10-4)22-12-8-2/h28-31H,7-27H2,1-6H3. The van der Waals surface area contributed by atoms with Gasteiger partial charge in [0, 0.05) is 12.8 Å². The average Bonchev–Trinajstić information content (AvgIpc) is 2.89. The summed E-state index contributed by atoms with van der Waals surface area (Å²) in [5, 5.41) is 0. The van der Waals surface area contributed by atoms with Crippen molar-refractivity contribution in [2.24, 2.45) is 23.7 Å². The molecule has 3 atom stereocenters. The fraction of sp³-hybridized carbons (Fsp3) is 0.939. The van der Waals surface area contributed by atoms with Crippen LogP contribution in [0.25, 0.3) is 0 Å². The Kier molecular flexibility index (Phi) is 24.5. The van der Waals surface area contributed by atoms with Gasteiger partial charge in [-0.05, 0) is 49.4 Å². The Labute approximate surface area is 231 Å². The predicted molar refractivity (Wildman–Crippen MR) is 158 cm³/mol. The van der Waals surface area contributed by atoms with Gasteiger partial charge in [-0.1, -0.05) is 125 Å². The Hall–Kier alpha value is -1.06. The summed E-state index contributed by atoms with van der Waals surface area (Å²) >= 11 is 0. The molecule has 0 aliphatic rings. The highest BCUT2D eigenvalue weighted by Crippen LogP contribution is 2.24. The van der Waals surface area contributed by atoms with Crippen molar-refractivity contribution >= 4 is 11.9 Å². The topological polar surface area (TPSA) is 52.6 Å². The van der Waals surface area contributed by atoms with Gasteiger partial charge in [-0.15, -0.1) is 0 Å². The molecule has 0 amide bonds. The molecule has 0 aliphatic heterocycles. The zero-order chi connectivity index (χ0) is 27.7. The van der Waals surface area contributed by atoms with Crippen LogP contribution in [0.4, 0.5) is 0 Å². The molecule has 0 saturated carbocycles. The molecule has 0 aromatic carbocycles. The van der Waals surface area contributed by atoms with Gasteiger partial charge in [0.25, 0.3) is 0 Å². The van der Waals surface area contributed by atoms with Gasteiger partial charge >= 0.3 is 11.9 Å². The maximum Gasteiger partial charge on any atom is 0.306 e. The van der Waals surface area contributed by atoms with Crippen LogP contribution in [0.2, 0.25) is 0 Å². The van der Waals surface area contributed by atoms with Crippen molar-refractivity contribution < 1.29 is 19.1 Å². The third-order valence-corrected chi connectivity index (χ3v) is 8.12. The summed E-state index contributed by atoms with van der Waals surface area (Å²) in [6.07, 6.45) is 21.2. The third-order valence-electron chi connectivity index (χ3n) is 8.12. The van der Waals surface area contributed by atoms with Crippen molar-refractivity contribution in [2.75, 3.05) is 13.2 Å². The van der Waals surface area contributed by atoms with E-state index in [2.05, 4.69) is 41.5 Å². The van der Waals surface area contributed by atoms with Crippen molar-refractivity contribution in [1.29, 1.82) is 0 Å². The normalized spacial score (nSPS) is 13.9. The van der Waals surface area contributed by atoms with Crippen LogP contribution in [0.15, 0.2) is 0 Å². The molecule has 0 radical (unpaired) electrons. The fourth-order valence-corrected chi connectivity index (χ4v) is 4.97. The van der Waals surface area contributed by atoms with Gasteiger partial charge in [-0.25, -0.2) is 0 Å². The van der Waals surface area contributed by atoms with Crippen molar-refractivity contribution in [3.8, 4) is 0 Å². The van der Waals surface area contributed by atoms with Gasteiger partial charge in [0.05, 0.1) is 13.2 Å². The molecule has 3 unspecified atom stereocenters. The SMILES string of the molecule is CCCCC(CC)COC(=O)CCCCCCCCCCC(CC(=O)OCC(CC)CCCC)C(C)C. The van der Waals surface area contributed by atoms with E-state index in [1.807, 2.05) is 0 Å². The number of carbonyl (C=O) groups excluding carboxylic acids is 2. The van der Waals surface area contributed by atoms with Gasteiger partial charge in [0.2, 0.25) is 0 Å². The zero-order valence-electron chi connectivity index (χ0n) is 25.8.